The molecule has 0 aromatic heterocycles. The molecule has 2 rings (SSSR count). The second-order valence-corrected chi connectivity index (χ2v) is 7.02. The SMILES string of the molecule is CC1(C)CNCC(C)(C)N1O[C@H]1CCCC[C@H]1O. The minimum absolute atomic E-state index is 0.0320. The van der Waals surface area contributed by atoms with Crippen molar-refractivity contribution in [1.29, 1.82) is 0 Å². The predicted octanol–water partition coefficient (Wildman–Crippen LogP) is 1.68. The van der Waals surface area contributed by atoms with E-state index in [0.29, 0.717) is 0 Å². The lowest BCUT2D eigenvalue weighted by Crippen LogP contribution is -2.68. The normalized spacial score (nSPS) is 36.5. The number of nitrogens with one attached hydrogen (secondary N) is 1. The molecule has 0 bridgehead atoms. The van der Waals surface area contributed by atoms with Crippen LogP contribution >= 0.6 is 0 Å². The summed E-state index contributed by atoms with van der Waals surface area (Å²) in [5.74, 6) is 0. The summed E-state index contributed by atoms with van der Waals surface area (Å²) in [7, 11) is 0. The van der Waals surface area contributed by atoms with Crippen LogP contribution in [0.15, 0.2) is 0 Å². The highest BCUT2D eigenvalue weighted by Crippen LogP contribution is 2.32. The van der Waals surface area contributed by atoms with Crippen molar-refractivity contribution in [3.8, 4) is 0 Å². The molecule has 0 amide bonds. The highest BCUT2D eigenvalue weighted by Gasteiger charge is 2.44. The number of hydrogen-bond acceptors (Lipinski definition) is 4. The summed E-state index contributed by atoms with van der Waals surface area (Å²) >= 11 is 0. The van der Waals surface area contributed by atoms with Crippen molar-refractivity contribution in [2.75, 3.05) is 13.1 Å². The van der Waals surface area contributed by atoms with Gasteiger partial charge in [-0.2, -0.15) is 5.06 Å². The molecule has 0 radical (unpaired) electrons. The average Bonchev–Trinajstić information content (AvgIpc) is 2.25. The molecule has 2 N–H and O–H groups in total. The van der Waals surface area contributed by atoms with Gasteiger partial charge in [0.1, 0.15) is 6.10 Å². The fraction of sp³-hybridized carbons (Fsp3) is 1.00. The third-order valence-electron chi connectivity index (χ3n) is 4.12. The van der Waals surface area contributed by atoms with Gasteiger partial charge in [-0.05, 0) is 40.5 Å². The van der Waals surface area contributed by atoms with Crippen molar-refractivity contribution in [1.82, 2.24) is 10.4 Å². The second kappa shape index (κ2) is 5.08. The zero-order valence-corrected chi connectivity index (χ0v) is 12.2. The van der Waals surface area contributed by atoms with Gasteiger partial charge >= 0.3 is 0 Å². The van der Waals surface area contributed by atoms with E-state index in [4.69, 9.17) is 4.84 Å². The first-order valence-corrected chi connectivity index (χ1v) is 7.19. The van der Waals surface area contributed by atoms with E-state index in [0.717, 1.165) is 38.8 Å². The molecule has 2 atom stereocenters. The molecule has 0 aromatic rings. The second-order valence-electron chi connectivity index (χ2n) is 7.02. The Morgan fingerprint density at radius 2 is 1.61 bits per heavy atom. The van der Waals surface area contributed by atoms with Crippen LogP contribution in [-0.2, 0) is 4.84 Å². The van der Waals surface area contributed by atoms with E-state index in [9.17, 15) is 5.11 Å². The smallest absolute Gasteiger partial charge is 0.105 e. The monoisotopic (exact) mass is 256 g/mol. The van der Waals surface area contributed by atoms with Gasteiger partial charge in [-0.1, -0.05) is 12.8 Å². The Morgan fingerprint density at radius 1 is 1.06 bits per heavy atom. The first kappa shape index (κ1) is 14.3. The molecule has 1 saturated heterocycles. The van der Waals surface area contributed by atoms with E-state index in [1.807, 2.05) is 0 Å². The van der Waals surface area contributed by atoms with Gasteiger partial charge in [0.05, 0.1) is 17.2 Å². The fourth-order valence-electron chi connectivity index (χ4n) is 3.26. The molecule has 1 aliphatic carbocycles. The van der Waals surface area contributed by atoms with Gasteiger partial charge in [0.15, 0.2) is 0 Å². The van der Waals surface area contributed by atoms with Crippen LogP contribution in [-0.4, -0.2) is 46.5 Å². The van der Waals surface area contributed by atoms with E-state index in [1.165, 1.54) is 0 Å². The van der Waals surface area contributed by atoms with Crippen LogP contribution in [0.1, 0.15) is 53.4 Å². The molecule has 4 nitrogen and oxygen atoms in total. The topological polar surface area (TPSA) is 44.7 Å². The quantitative estimate of drug-likeness (QED) is 0.789. The van der Waals surface area contributed by atoms with Gasteiger partial charge < -0.3 is 10.4 Å². The Balaban J connectivity index is 2.08. The standard InChI is InChI=1S/C14H28N2O2/c1-13(2)9-15-10-14(3,4)16(13)18-12-8-6-5-7-11(12)17/h11-12,15,17H,5-10H2,1-4H3/t11-,12+/m1/s1. The summed E-state index contributed by atoms with van der Waals surface area (Å²) in [4.78, 5) is 6.22. The van der Waals surface area contributed by atoms with Crippen LogP contribution < -0.4 is 5.32 Å². The number of aliphatic hydroxyl groups excluding tert-OH is 1. The van der Waals surface area contributed by atoms with Gasteiger partial charge in [0.2, 0.25) is 0 Å². The Kier molecular flexibility index (Phi) is 4.02. The van der Waals surface area contributed by atoms with Crippen LogP contribution in [0.5, 0.6) is 0 Å². The highest BCUT2D eigenvalue weighted by atomic mass is 16.7. The minimum atomic E-state index is -0.305. The largest absolute Gasteiger partial charge is 0.390 e. The first-order chi connectivity index (χ1) is 8.33. The molecule has 0 spiro atoms. The maximum Gasteiger partial charge on any atom is 0.105 e. The van der Waals surface area contributed by atoms with E-state index in [-0.39, 0.29) is 23.3 Å². The third-order valence-corrected chi connectivity index (χ3v) is 4.12. The summed E-state index contributed by atoms with van der Waals surface area (Å²) in [5, 5.41) is 15.7. The van der Waals surface area contributed by atoms with Crippen molar-refractivity contribution in [2.24, 2.45) is 0 Å². The average molecular weight is 256 g/mol. The fourth-order valence-corrected chi connectivity index (χ4v) is 3.26. The maximum atomic E-state index is 10.1. The van der Waals surface area contributed by atoms with Crippen molar-refractivity contribution < 1.29 is 9.94 Å². The number of hydrogen-bond donors (Lipinski definition) is 2. The molecular formula is C14H28N2O2. The highest BCUT2D eigenvalue weighted by molar-refractivity contribution is 4.96. The molecule has 2 fully saturated rings. The van der Waals surface area contributed by atoms with E-state index in [1.54, 1.807) is 0 Å². The summed E-state index contributed by atoms with van der Waals surface area (Å²) in [5.41, 5.74) is -0.0855. The molecule has 1 saturated carbocycles. The molecule has 0 unspecified atom stereocenters. The molecule has 2 aliphatic rings. The zero-order valence-electron chi connectivity index (χ0n) is 12.2. The Hall–Kier alpha value is -0.160. The van der Waals surface area contributed by atoms with E-state index in [2.05, 4.69) is 38.1 Å². The number of piperazine rings is 1. The maximum absolute atomic E-state index is 10.1. The van der Waals surface area contributed by atoms with Crippen molar-refractivity contribution in [2.45, 2.75) is 76.7 Å². The lowest BCUT2D eigenvalue weighted by Gasteiger charge is -2.53. The van der Waals surface area contributed by atoms with Crippen LogP contribution in [0.25, 0.3) is 0 Å². The Bertz CT molecular complexity index is 276. The van der Waals surface area contributed by atoms with Crippen LogP contribution in [0.3, 0.4) is 0 Å². The van der Waals surface area contributed by atoms with Crippen LogP contribution in [0.2, 0.25) is 0 Å². The van der Waals surface area contributed by atoms with Gasteiger partial charge in [-0.25, -0.2) is 0 Å². The number of rotatable bonds is 2. The number of nitrogens with zero attached hydrogens (tertiary/aromatic N) is 1. The molecule has 106 valence electrons. The predicted molar refractivity (Wildman–Crippen MR) is 72.2 cm³/mol. The number of hydroxylamine groups is 2. The summed E-state index contributed by atoms with van der Waals surface area (Å²) in [6.45, 7) is 10.6. The molecule has 0 aromatic carbocycles. The van der Waals surface area contributed by atoms with Crippen molar-refractivity contribution in [3.63, 3.8) is 0 Å². The summed E-state index contributed by atoms with van der Waals surface area (Å²) in [6, 6.07) is 0. The van der Waals surface area contributed by atoms with E-state index < -0.39 is 0 Å². The molecule has 4 heteroatoms. The minimum Gasteiger partial charge on any atom is -0.390 e. The van der Waals surface area contributed by atoms with Crippen LogP contribution in [0.4, 0.5) is 0 Å². The molecule has 18 heavy (non-hydrogen) atoms. The molecule has 1 heterocycles. The Labute approximate surface area is 111 Å². The van der Waals surface area contributed by atoms with Gasteiger partial charge in [-0.3, -0.25) is 4.84 Å². The Morgan fingerprint density at radius 3 is 2.17 bits per heavy atom. The first-order valence-electron chi connectivity index (χ1n) is 7.19. The van der Waals surface area contributed by atoms with Gasteiger partial charge in [0, 0.05) is 13.1 Å². The molecular weight excluding hydrogens is 228 g/mol. The summed E-state index contributed by atoms with van der Waals surface area (Å²) in [6.07, 6.45) is 3.79. The van der Waals surface area contributed by atoms with Crippen molar-refractivity contribution in [3.05, 3.63) is 0 Å². The lowest BCUT2D eigenvalue weighted by molar-refractivity contribution is -0.315. The third kappa shape index (κ3) is 2.87. The van der Waals surface area contributed by atoms with Gasteiger partial charge in [-0.15, -0.1) is 0 Å². The summed E-state index contributed by atoms with van der Waals surface area (Å²) < 4.78 is 0. The van der Waals surface area contributed by atoms with Crippen molar-refractivity contribution >= 4 is 0 Å². The van der Waals surface area contributed by atoms with Crippen LogP contribution in [0, 0.1) is 0 Å². The van der Waals surface area contributed by atoms with E-state index >= 15 is 0 Å². The lowest BCUT2D eigenvalue weighted by atomic mass is 9.91. The molecule has 1 aliphatic heterocycles. The van der Waals surface area contributed by atoms with Gasteiger partial charge in [0.25, 0.3) is 0 Å². The zero-order chi connectivity index (χ0) is 13.4. The number of aliphatic hydroxyl groups is 1.